The van der Waals surface area contributed by atoms with Crippen molar-refractivity contribution in [1.82, 2.24) is 0 Å². The van der Waals surface area contributed by atoms with E-state index in [4.69, 9.17) is 5.73 Å². The maximum atomic E-state index is 13.8. The van der Waals surface area contributed by atoms with E-state index in [0.29, 0.717) is 16.8 Å². The minimum absolute atomic E-state index is 0.0508. The van der Waals surface area contributed by atoms with Crippen molar-refractivity contribution < 1.29 is 26.7 Å². The largest absolute Gasteiger partial charge is 0.417 e. The zero-order valence-electron chi connectivity index (χ0n) is 20.3. The quantitative estimate of drug-likeness (QED) is 0.404. The fourth-order valence-corrected chi connectivity index (χ4v) is 4.11. The first kappa shape index (κ1) is 27.2. The van der Waals surface area contributed by atoms with E-state index in [-0.39, 0.29) is 21.9 Å². The molecule has 9 heteroatoms. The number of sulfone groups is 1. The third-order valence-electron chi connectivity index (χ3n) is 5.54. The van der Waals surface area contributed by atoms with Crippen LogP contribution in [-0.4, -0.2) is 31.1 Å². The SMILES string of the molecule is Cc1cc(-c2cccc(S(C)(=O)=O)c2)ccc1N=C(C=C(N)C(C)(C)O)c1ccccc1C(F)(F)F. The molecule has 0 aliphatic heterocycles. The predicted octanol–water partition coefficient (Wildman–Crippen LogP) is 5.82. The molecule has 0 spiro atoms. The molecular weight excluding hydrogens is 489 g/mol. The van der Waals surface area contributed by atoms with Crippen LogP contribution in [0.15, 0.2) is 88.4 Å². The molecule has 0 aromatic heterocycles. The molecule has 0 aliphatic carbocycles. The summed E-state index contributed by atoms with van der Waals surface area (Å²) >= 11 is 0. The Hall–Kier alpha value is -3.43. The van der Waals surface area contributed by atoms with Crippen molar-refractivity contribution in [2.24, 2.45) is 10.7 Å². The van der Waals surface area contributed by atoms with Crippen molar-refractivity contribution in [3.05, 3.63) is 95.2 Å². The Balaban J connectivity index is 2.17. The highest BCUT2D eigenvalue weighted by molar-refractivity contribution is 7.90. The van der Waals surface area contributed by atoms with Crippen LogP contribution in [0.3, 0.4) is 0 Å². The van der Waals surface area contributed by atoms with Gasteiger partial charge in [-0.2, -0.15) is 13.2 Å². The Morgan fingerprint density at radius 3 is 2.19 bits per heavy atom. The monoisotopic (exact) mass is 516 g/mol. The highest BCUT2D eigenvalue weighted by Crippen LogP contribution is 2.34. The number of alkyl halides is 3. The van der Waals surface area contributed by atoms with Crippen LogP contribution < -0.4 is 5.73 Å². The van der Waals surface area contributed by atoms with Gasteiger partial charge in [0.2, 0.25) is 0 Å². The molecule has 190 valence electrons. The molecule has 0 fully saturated rings. The zero-order valence-corrected chi connectivity index (χ0v) is 21.1. The Morgan fingerprint density at radius 1 is 0.972 bits per heavy atom. The Kier molecular flexibility index (Phi) is 7.48. The number of allylic oxidation sites excluding steroid dienone is 1. The lowest BCUT2D eigenvalue weighted by atomic mass is 9.97. The molecule has 0 aliphatic rings. The third-order valence-corrected chi connectivity index (χ3v) is 6.65. The third kappa shape index (κ3) is 6.41. The number of rotatable bonds is 6. The summed E-state index contributed by atoms with van der Waals surface area (Å²) in [4.78, 5) is 4.68. The molecule has 36 heavy (non-hydrogen) atoms. The van der Waals surface area contributed by atoms with E-state index in [0.717, 1.165) is 17.9 Å². The van der Waals surface area contributed by atoms with Crippen LogP contribution in [0.2, 0.25) is 0 Å². The van der Waals surface area contributed by atoms with Gasteiger partial charge in [0.1, 0.15) is 0 Å². The molecule has 0 amide bonds. The summed E-state index contributed by atoms with van der Waals surface area (Å²) in [5.74, 6) is 0. The second kappa shape index (κ2) is 9.91. The summed E-state index contributed by atoms with van der Waals surface area (Å²) in [6.45, 7) is 4.60. The van der Waals surface area contributed by atoms with Crippen LogP contribution in [-0.2, 0) is 16.0 Å². The van der Waals surface area contributed by atoms with Crippen LogP contribution in [0.25, 0.3) is 11.1 Å². The van der Waals surface area contributed by atoms with Crippen molar-refractivity contribution >= 4 is 21.2 Å². The van der Waals surface area contributed by atoms with E-state index < -0.39 is 27.2 Å². The normalized spacial score (nSPS) is 13.7. The lowest BCUT2D eigenvalue weighted by molar-refractivity contribution is -0.137. The number of aliphatic hydroxyl groups is 1. The lowest BCUT2D eigenvalue weighted by Gasteiger charge is -2.19. The Morgan fingerprint density at radius 2 is 1.61 bits per heavy atom. The molecule has 3 aromatic carbocycles. The van der Waals surface area contributed by atoms with Gasteiger partial charge in [-0.3, -0.25) is 0 Å². The van der Waals surface area contributed by atoms with Crippen molar-refractivity contribution in [2.45, 2.75) is 37.4 Å². The van der Waals surface area contributed by atoms with E-state index in [9.17, 15) is 26.7 Å². The van der Waals surface area contributed by atoms with Crippen LogP contribution in [0.4, 0.5) is 18.9 Å². The van der Waals surface area contributed by atoms with E-state index in [1.165, 1.54) is 44.2 Å². The number of aliphatic imine (C=N–C) groups is 1. The van der Waals surface area contributed by atoms with Crippen molar-refractivity contribution in [3.63, 3.8) is 0 Å². The molecule has 3 aromatic rings. The van der Waals surface area contributed by atoms with E-state index in [2.05, 4.69) is 4.99 Å². The van der Waals surface area contributed by atoms with E-state index >= 15 is 0 Å². The number of hydrogen-bond acceptors (Lipinski definition) is 5. The molecule has 0 saturated carbocycles. The van der Waals surface area contributed by atoms with Crippen LogP contribution in [0.5, 0.6) is 0 Å². The molecule has 3 N–H and O–H groups in total. The van der Waals surface area contributed by atoms with Gasteiger partial charge in [-0.15, -0.1) is 0 Å². The van der Waals surface area contributed by atoms with Gasteiger partial charge in [0.05, 0.1) is 27.5 Å². The fraction of sp³-hybridized carbons (Fsp3) is 0.222. The van der Waals surface area contributed by atoms with Crippen LogP contribution in [0.1, 0.15) is 30.5 Å². The Bertz CT molecular complexity index is 1450. The predicted molar refractivity (Wildman–Crippen MR) is 136 cm³/mol. The molecule has 3 rings (SSSR count). The fourth-order valence-electron chi connectivity index (χ4n) is 3.44. The average molecular weight is 517 g/mol. The summed E-state index contributed by atoms with van der Waals surface area (Å²) in [5.41, 5.74) is 5.78. The number of halogens is 3. The van der Waals surface area contributed by atoms with Gasteiger partial charge < -0.3 is 10.8 Å². The average Bonchev–Trinajstić information content (AvgIpc) is 2.78. The number of nitrogens with zero attached hydrogens (tertiary/aromatic N) is 1. The highest BCUT2D eigenvalue weighted by atomic mass is 32.2. The minimum Gasteiger partial charge on any atom is -0.400 e. The van der Waals surface area contributed by atoms with Gasteiger partial charge in [0.25, 0.3) is 0 Å². The summed E-state index contributed by atoms with van der Waals surface area (Å²) in [6.07, 6.45) is -2.26. The molecule has 0 unspecified atom stereocenters. The number of hydrogen-bond donors (Lipinski definition) is 2. The molecule has 0 saturated heterocycles. The van der Waals surface area contributed by atoms with Crippen molar-refractivity contribution in [3.8, 4) is 11.1 Å². The summed E-state index contributed by atoms with van der Waals surface area (Å²) in [5, 5.41) is 10.3. The molecular formula is C27H27F3N2O3S. The maximum absolute atomic E-state index is 13.8. The van der Waals surface area contributed by atoms with Crippen molar-refractivity contribution in [1.29, 1.82) is 0 Å². The topological polar surface area (TPSA) is 92.8 Å². The molecule has 0 heterocycles. The molecule has 0 bridgehead atoms. The first-order chi connectivity index (χ1) is 16.6. The molecule has 5 nitrogen and oxygen atoms in total. The van der Waals surface area contributed by atoms with E-state index in [1.54, 1.807) is 43.3 Å². The first-order valence-corrected chi connectivity index (χ1v) is 12.8. The lowest BCUT2D eigenvalue weighted by Crippen LogP contribution is -2.28. The number of benzene rings is 3. The summed E-state index contributed by atoms with van der Waals surface area (Å²) in [6, 6.07) is 16.6. The smallest absolute Gasteiger partial charge is 0.400 e. The zero-order chi connectivity index (χ0) is 26.9. The Labute approximate surface area is 208 Å². The number of aryl methyl sites for hydroxylation is 1. The standard InChI is InChI=1S/C27H27F3N2O3S/c1-17-14-19(18-8-7-9-20(15-18)36(4,34)35)12-13-23(17)32-24(16-25(31)26(2,3)33)21-10-5-6-11-22(21)27(28,29)30/h5-16,33H,31H2,1-4H3. The van der Waals surface area contributed by atoms with Gasteiger partial charge in [0, 0.05) is 17.5 Å². The molecule has 0 atom stereocenters. The second-order valence-corrected chi connectivity index (χ2v) is 11.0. The summed E-state index contributed by atoms with van der Waals surface area (Å²) in [7, 11) is -3.39. The minimum atomic E-state index is -4.63. The highest BCUT2D eigenvalue weighted by Gasteiger charge is 2.34. The molecule has 0 radical (unpaired) electrons. The second-order valence-electron chi connectivity index (χ2n) is 9.00. The summed E-state index contributed by atoms with van der Waals surface area (Å²) < 4.78 is 65.1. The van der Waals surface area contributed by atoms with Crippen molar-refractivity contribution in [2.75, 3.05) is 6.26 Å². The number of nitrogens with two attached hydrogens (primary N) is 1. The van der Waals surface area contributed by atoms with Gasteiger partial charge in [-0.1, -0.05) is 36.4 Å². The maximum Gasteiger partial charge on any atom is 0.417 e. The van der Waals surface area contributed by atoms with Crippen LogP contribution >= 0.6 is 0 Å². The van der Waals surface area contributed by atoms with Gasteiger partial charge in [0.15, 0.2) is 9.84 Å². The first-order valence-electron chi connectivity index (χ1n) is 10.9. The van der Waals surface area contributed by atoms with Gasteiger partial charge in [-0.25, -0.2) is 13.4 Å². The van der Waals surface area contributed by atoms with Crippen LogP contribution in [0, 0.1) is 6.92 Å². The van der Waals surface area contributed by atoms with Gasteiger partial charge >= 0.3 is 6.18 Å². The van der Waals surface area contributed by atoms with E-state index in [1.807, 2.05) is 0 Å². The van der Waals surface area contributed by atoms with Gasteiger partial charge in [-0.05, 0) is 73.9 Å².